The number of morpholine rings is 1. The summed E-state index contributed by atoms with van der Waals surface area (Å²) in [5.41, 5.74) is 1.13. The molecular weight excluding hydrogens is 328 g/mol. The maximum atomic E-state index is 6.25. The van der Waals surface area contributed by atoms with E-state index in [2.05, 4.69) is 39.1 Å². The molecule has 1 unspecified atom stereocenters. The molecule has 0 radical (unpaired) electrons. The zero-order valence-corrected chi connectivity index (χ0v) is 13.5. The molecule has 0 saturated carbocycles. The summed E-state index contributed by atoms with van der Waals surface area (Å²) in [6.45, 7) is 7.82. The smallest absolute Gasteiger partial charge is 0.0594 e. The second-order valence-corrected chi connectivity index (χ2v) is 6.14. The first kappa shape index (κ1) is 15.3. The number of nitrogens with one attached hydrogen (secondary N) is 1. The van der Waals surface area contributed by atoms with Gasteiger partial charge in [0.1, 0.15) is 0 Å². The molecule has 0 bridgehead atoms. The van der Waals surface area contributed by atoms with Crippen LogP contribution in [0.1, 0.15) is 12.5 Å². The normalized spacial score (nSPS) is 18.5. The Kier molecular flexibility index (Phi) is 6.10. The molecule has 19 heavy (non-hydrogen) atoms. The third-order valence-electron chi connectivity index (χ3n) is 3.31. The first-order chi connectivity index (χ1) is 9.16. The minimum absolute atomic E-state index is 0.438. The first-order valence-corrected chi connectivity index (χ1v) is 7.80. The number of halogens is 2. The molecule has 0 aromatic heterocycles. The molecular formula is C14H20BrClN2O. The van der Waals surface area contributed by atoms with Crippen LogP contribution < -0.4 is 5.32 Å². The van der Waals surface area contributed by atoms with E-state index in [1.807, 2.05) is 12.1 Å². The van der Waals surface area contributed by atoms with Gasteiger partial charge in [-0.25, -0.2) is 0 Å². The summed E-state index contributed by atoms with van der Waals surface area (Å²) in [5, 5.41) is 4.33. The Balaban J connectivity index is 1.79. The number of ether oxygens (including phenoxy) is 1. The van der Waals surface area contributed by atoms with Crippen LogP contribution >= 0.6 is 27.5 Å². The van der Waals surface area contributed by atoms with Crippen LogP contribution in [0, 0.1) is 0 Å². The highest BCUT2D eigenvalue weighted by atomic mass is 79.9. The SMILES string of the molecule is CC(CN1CCOCC1)NCc1cccc(Br)c1Cl. The number of nitrogens with zero attached hydrogens (tertiary/aromatic N) is 1. The summed E-state index contributed by atoms with van der Waals surface area (Å²) in [7, 11) is 0. The monoisotopic (exact) mass is 346 g/mol. The summed E-state index contributed by atoms with van der Waals surface area (Å²) >= 11 is 9.71. The molecule has 3 nitrogen and oxygen atoms in total. The molecule has 0 amide bonds. The lowest BCUT2D eigenvalue weighted by molar-refractivity contribution is 0.0343. The van der Waals surface area contributed by atoms with Crippen molar-refractivity contribution in [1.29, 1.82) is 0 Å². The highest BCUT2D eigenvalue weighted by molar-refractivity contribution is 9.10. The maximum absolute atomic E-state index is 6.25. The van der Waals surface area contributed by atoms with E-state index in [4.69, 9.17) is 16.3 Å². The van der Waals surface area contributed by atoms with Gasteiger partial charge in [0.2, 0.25) is 0 Å². The number of rotatable bonds is 5. The molecule has 1 saturated heterocycles. The van der Waals surface area contributed by atoms with E-state index >= 15 is 0 Å². The standard InChI is InChI=1S/C14H20BrClN2O/c1-11(10-18-5-7-19-8-6-18)17-9-12-3-2-4-13(15)14(12)16/h2-4,11,17H,5-10H2,1H3. The maximum Gasteiger partial charge on any atom is 0.0594 e. The first-order valence-electron chi connectivity index (χ1n) is 6.63. The second-order valence-electron chi connectivity index (χ2n) is 4.91. The van der Waals surface area contributed by atoms with Crippen molar-refractivity contribution >= 4 is 27.5 Å². The van der Waals surface area contributed by atoms with E-state index < -0.39 is 0 Å². The molecule has 1 aliphatic heterocycles. The molecule has 1 atom stereocenters. The zero-order valence-electron chi connectivity index (χ0n) is 11.2. The van der Waals surface area contributed by atoms with E-state index in [1.54, 1.807) is 0 Å². The van der Waals surface area contributed by atoms with Gasteiger partial charge in [-0.15, -0.1) is 0 Å². The third kappa shape index (κ3) is 4.72. The van der Waals surface area contributed by atoms with Crippen molar-refractivity contribution in [3.05, 3.63) is 33.3 Å². The van der Waals surface area contributed by atoms with Gasteiger partial charge in [0.25, 0.3) is 0 Å². The molecule has 1 heterocycles. The molecule has 2 rings (SSSR count). The van der Waals surface area contributed by atoms with Gasteiger partial charge >= 0.3 is 0 Å². The predicted octanol–water partition coefficient (Wildman–Crippen LogP) is 2.91. The van der Waals surface area contributed by atoms with Crippen LogP contribution in [-0.4, -0.2) is 43.8 Å². The Hall–Kier alpha value is -0.130. The summed E-state index contributed by atoms with van der Waals surface area (Å²) < 4.78 is 6.31. The average Bonchev–Trinajstić information content (AvgIpc) is 2.42. The van der Waals surface area contributed by atoms with Crippen molar-refractivity contribution in [2.24, 2.45) is 0 Å². The van der Waals surface area contributed by atoms with Gasteiger partial charge in [-0.3, -0.25) is 4.90 Å². The van der Waals surface area contributed by atoms with Crippen LogP contribution in [0.5, 0.6) is 0 Å². The molecule has 106 valence electrons. The molecule has 5 heteroatoms. The third-order valence-corrected chi connectivity index (χ3v) is 4.64. The van der Waals surface area contributed by atoms with Gasteiger partial charge in [-0.05, 0) is 34.5 Å². The van der Waals surface area contributed by atoms with Crippen molar-refractivity contribution in [3.8, 4) is 0 Å². The van der Waals surface area contributed by atoms with Crippen LogP contribution in [0.15, 0.2) is 22.7 Å². The molecule has 1 aromatic carbocycles. The lowest BCUT2D eigenvalue weighted by Gasteiger charge is -2.29. The topological polar surface area (TPSA) is 24.5 Å². The Morgan fingerprint density at radius 1 is 1.42 bits per heavy atom. The lowest BCUT2D eigenvalue weighted by atomic mass is 10.2. The van der Waals surface area contributed by atoms with Crippen LogP contribution in [0.3, 0.4) is 0 Å². The molecule has 0 spiro atoms. The van der Waals surface area contributed by atoms with Crippen molar-refractivity contribution in [3.63, 3.8) is 0 Å². The number of benzene rings is 1. The van der Waals surface area contributed by atoms with Crippen molar-refractivity contribution in [2.75, 3.05) is 32.8 Å². The summed E-state index contributed by atoms with van der Waals surface area (Å²) in [6.07, 6.45) is 0. The number of hydrogen-bond donors (Lipinski definition) is 1. The highest BCUT2D eigenvalue weighted by Crippen LogP contribution is 2.25. The van der Waals surface area contributed by atoms with Crippen LogP contribution in [0.2, 0.25) is 5.02 Å². The van der Waals surface area contributed by atoms with Crippen molar-refractivity contribution < 1.29 is 4.74 Å². The zero-order chi connectivity index (χ0) is 13.7. The fraction of sp³-hybridized carbons (Fsp3) is 0.571. The van der Waals surface area contributed by atoms with Crippen LogP contribution in [0.25, 0.3) is 0 Å². The minimum Gasteiger partial charge on any atom is -0.379 e. The summed E-state index contributed by atoms with van der Waals surface area (Å²) in [5.74, 6) is 0. The lowest BCUT2D eigenvalue weighted by Crippen LogP contribution is -2.44. The largest absolute Gasteiger partial charge is 0.379 e. The molecule has 1 fully saturated rings. The Morgan fingerprint density at radius 3 is 2.89 bits per heavy atom. The van der Waals surface area contributed by atoms with E-state index in [1.165, 1.54) is 0 Å². The van der Waals surface area contributed by atoms with Gasteiger partial charge in [0, 0.05) is 36.7 Å². The Labute approximate surface area is 128 Å². The highest BCUT2D eigenvalue weighted by Gasteiger charge is 2.13. The van der Waals surface area contributed by atoms with E-state index in [0.717, 1.165) is 54.5 Å². The number of hydrogen-bond acceptors (Lipinski definition) is 3. The minimum atomic E-state index is 0.438. The van der Waals surface area contributed by atoms with Gasteiger partial charge < -0.3 is 10.1 Å². The Morgan fingerprint density at radius 2 is 2.16 bits per heavy atom. The molecule has 1 aromatic rings. The van der Waals surface area contributed by atoms with E-state index in [-0.39, 0.29) is 0 Å². The average molecular weight is 348 g/mol. The second kappa shape index (κ2) is 7.60. The Bertz CT molecular complexity index is 410. The fourth-order valence-corrected chi connectivity index (χ4v) is 2.80. The van der Waals surface area contributed by atoms with Gasteiger partial charge in [0.15, 0.2) is 0 Å². The summed E-state index contributed by atoms with van der Waals surface area (Å²) in [4.78, 5) is 2.43. The van der Waals surface area contributed by atoms with Crippen LogP contribution in [-0.2, 0) is 11.3 Å². The van der Waals surface area contributed by atoms with Crippen molar-refractivity contribution in [2.45, 2.75) is 19.5 Å². The van der Waals surface area contributed by atoms with Gasteiger partial charge in [-0.2, -0.15) is 0 Å². The van der Waals surface area contributed by atoms with Crippen molar-refractivity contribution in [1.82, 2.24) is 10.2 Å². The predicted molar refractivity (Wildman–Crippen MR) is 82.7 cm³/mol. The van der Waals surface area contributed by atoms with E-state index in [9.17, 15) is 0 Å². The van der Waals surface area contributed by atoms with Gasteiger partial charge in [-0.1, -0.05) is 23.7 Å². The molecule has 1 aliphatic rings. The van der Waals surface area contributed by atoms with Crippen LogP contribution in [0.4, 0.5) is 0 Å². The molecule has 0 aliphatic carbocycles. The fourth-order valence-electron chi connectivity index (χ4n) is 2.20. The quantitative estimate of drug-likeness (QED) is 0.886. The molecule has 1 N–H and O–H groups in total. The van der Waals surface area contributed by atoms with E-state index in [0.29, 0.717) is 6.04 Å². The van der Waals surface area contributed by atoms with Gasteiger partial charge in [0.05, 0.1) is 18.2 Å². The summed E-state index contributed by atoms with van der Waals surface area (Å²) in [6, 6.07) is 6.47.